The van der Waals surface area contributed by atoms with Crippen LogP contribution in [-0.2, 0) is 11.8 Å². The van der Waals surface area contributed by atoms with Crippen LogP contribution < -0.4 is 20.6 Å². The van der Waals surface area contributed by atoms with E-state index >= 15 is 0 Å². The summed E-state index contributed by atoms with van der Waals surface area (Å²) < 4.78 is 0. The molecule has 322 valence electrons. The molecule has 1 atom stereocenters. The fourth-order valence-electron chi connectivity index (χ4n) is 10.9. The van der Waals surface area contributed by atoms with Crippen molar-refractivity contribution in [1.29, 1.82) is 0 Å². The Morgan fingerprint density at radius 3 is 1.86 bits per heavy atom. The quantitative estimate of drug-likeness (QED) is 0.105. The largest absolute Gasteiger partial charge is 0.376 e. The van der Waals surface area contributed by atoms with Gasteiger partial charge in [0, 0.05) is 39.9 Å². The van der Waals surface area contributed by atoms with Crippen molar-refractivity contribution in [3.05, 3.63) is 233 Å². The number of hydrogen-bond acceptors (Lipinski definition) is 2. The molecule has 3 heteroatoms. The van der Waals surface area contributed by atoms with E-state index in [-0.39, 0.29) is 18.2 Å². The SMILES string of the molecule is CCCCc1ccc(C(c2ccccc2)c2ccc3c(c2)B2c4c(cc(C)cc4N3c3ccc(-c4ccccc4)cc3C)-c3cc4ccccc4cc3N2c2ccc(C(C)(C)C)cc2)cc1. The van der Waals surface area contributed by atoms with E-state index in [2.05, 4.69) is 245 Å². The van der Waals surface area contributed by atoms with Crippen LogP contribution in [0.25, 0.3) is 33.0 Å². The molecule has 0 bridgehead atoms. The summed E-state index contributed by atoms with van der Waals surface area (Å²) in [7, 11) is 0. The first kappa shape index (κ1) is 41.6. The molecule has 9 aromatic carbocycles. The van der Waals surface area contributed by atoms with Crippen LogP contribution in [0.2, 0.25) is 0 Å². The number of unbranched alkanes of at least 4 members (excludes halogenated alkanes) is 1. The molecule has 0 N–H and O–H groups in total. The second-order valence-electron chi connectivity index (χ2n) is 19.7. The highest BCUT2D eigenvalue weighted by molar-refractivity contribution is 6.93. The Hall–Kier alpha value is -7.10. The summed E-state index contributed by atoms with van der Waals surface area (Å²) in [6, 6.07) is 73.9. The van der Waals surface area contributed by atoms with Gasteiger partial charge in [-0.2, -0.15) is 0 Å². The molecule has 1 unspecified atom stereocenters. The van der Waals surface area contributed by atoms with Gasteiger partial charge in [-0.3, -0.25) is 0 Å². The predicted octanol–water partition coefficient (Wildman–Crippen LogP) is 15.7. The minimum Gasteiger partial charge on any atom is -0.376 e. The molecule has 66 heavy (non-hydrogen) atoms. The third kappa shape index (κ3) is 7.32. The molecular formula is C63H57BN2. The summed E-state index contributed by atoms with van der Waals surface area (Å²) in [5, 5.41) is 2.50. The lowest BCUT2D eigenvalue weighted by Gasteiger charge is -2.46. The lowest BCUT2D eigenvalue weighted by Crippen LogP contribution is -2.61. The molecule has 0 amide bonds. The van der Waals surface area contributed by atoms with Gasteiger partial charge in [-0.15, -0.1) is 0 Å². The van der Waals surface area contributed by atoms with Crippen molar-refractivity contribution in [2.24, 2.45) is 0 Å². The molecule has 0 aliphatic carbocycles. The van der Waals surface area contributed by atoms with Crippen LogP contribution in [0.15, 0.2) is 194 Å². The maximum Gasteiger partial charge on any atom is 0.333 e. The van der Waals surface area contributed by atoms with Gasteiger partial charge in [-0.25, -0.2) is 0 Å². The summed E-state index contributed by atoms with van der Waals surface area (Å²) in [5.74, 6) is 0.0512. The average molecular weight is 853 g/mol. The zero-order valence-corrected chi connectivity index (χ0v) is 39.1. The van der Waals surface area contributed by atoms with E-state index in [1.807, 2.05) is 0 Å². The number of hydrogen-bond donors (Lipinski definition) is 0. The Morgan fingerprint density at radius 2 is 1.17 bits per heavy atom. The van der Waals surface area contributed by atoms with E-state index in [1.165, 1.54) is 124 Å². The van der Waals surface area contributed by atoms with E-state index in [1.54, 1.807) is 0 Å². The van der Waals surface area contributed by atoms with Crippen LogP contribution >= 0.6 is 0 Å². The molecule has 2 heterocycles. The zero-order chi connectivity index (χ0) is 45.1. The van der Waals surface area contributed by atoms with Crippen molar-refractivity contribution in [1.82, 2.24) is 0 Å². The van der Waals surface area contributed by atoms with E-state index in [9.17, 15) is 0 Å². The van der Waals surface area contributed by atoms with Crippen LogP contribution in [-0.4, -0.2) is 6.85 Å². The summed E-state index contributed by atoms with van der Waals surface area (Å²) in [6.07, 6.45) is 3.51. The molecule has 2 aliphatic heterocycles. The second-order valence-corrected chi connectivity index (χ2v) is 19.7. The normalized spacial score (nSPS) is 13.3. The monoisotopic (exact) mass is 852 g/mol. The minimum absolute atomic E-state index is 0.0350. The fraction of sp³-hybridized carbons (Fsp3) is 0.175. The van der Waals surface area contributed by atoms with Crippen molar-refractivity contribution < 1.29 is 0 Å². The number of benzene rings is 9. The third-order valence-electron chi connectivity index (χ3n) is 14.2. The predicted molar refractivity (Wildman–Crippen MR) is 284 cm³/mol. The Kier molecular flexibility index (Phi) is 10.5. The van der Waals surface area contributed by atoms with Gasteiger partial charge in [-0.05, 0) is 158 Å². The maximum absolute atomic E-state index is 2.67. The fourth-order valence-corrected chi connectivity index (χ4v) is 10.9. The van der Waals surface area contributed by atoms with Crippen molar-refractivity contribution >= 4 is 57.0 Å². The molecule has 2 nitrogen and oxygen atoms in total. The minimum atomic E-state index is -0.104. The maximum atomic E-state index is 2.67. The summed E-state index contributed by atoms with van der Waals surface area (Å²) >= 11 is 0. The first-order valence-corrected chi connectivity index (χ1v) is 24.0. The molecule has 0 fully saturated rings. The van der Waals surface area contributed by atoms with Gasteiger partial charge < -0.3 is 9.71 Å². The number of anilines is 5. The van der Waals surface area contributed by atoms with Crippen LogP contribution in [0.4, 0.5) is 28.4 Å². The number of rotatable bonds is 9. The molecule has 11 rings (SSSR count). The van der Waals surface area contributed by atoms with Crippen molar-refractivity contribution in [3.63, 3.8) is 0 Å². The second kappa shape index (κ2) is 16.7. The van der Waals surface area contributed by atoms with Gasteiger partial charge in [0.05, 0.1) is 0 Å². The van der Waals surface area contributed by atoms with Crippen LogP contribution in [0.1, 0.15) is 85.4 Å². The summed E-state index contributed by atoms with van der Waals surface area (Å²) in [4.78, 5) is 5.25. The van der Waals surface area contributed by atoms with Gasteiger partial charge in [0.2, 0.25) is 0 Å². The molecule has 0 spiro atoms. The van der Waals surface area contributed by atoms with E-state index in [4.69, 9.17) is 0 Å². The lowest BCUT2D eigenvalue weighted by atomic mass is 9.43. The molecule has 0 saturated heterocycles. The van der Waals surface area contributed by atoms with E-state index in [0.29, 0.717) is 0 Å². The number of fused-ring (bicyclic) bond motifs is 5. The summed E-state index contributed by atoms with van der Waals surface area (Å²) in [6.45, 7) is 13.6. The first-order valence-electron chi connectivity index (χ1n) is 24.0. The first-order chi connectivity index (χ1) is 32.1. The van der Waals surface area contributed by atoms with Gasteiger partial charge in [0.25, 0.3) is 0 Å². The highest BCUT2D eigenvalue weighted by Gasteiger charge is 2.46. The summed E-state index contributed by atoms with van der Waals surface area (Å²) in [5.41, 5.74) is 22.9. The van der Waals surface area contributed by atoms with Gasteiger partial charge in [-0.1, -0.05) is 180 Å². The van der Waals surface area contributed by atoms with Crippen LogP contribution in [0, 0.1) is 13.8 Å². The zero-order valence-electron chi connectivity index (χ0n) is 39.1. The molecule has 0 saturated carbocycles. The van der Waals surface area contributed by atoms with Gasteiger partial charge >= 0.3 is 6.85 Å². The van der Waals surface area contributed by atoms with Gasteiger partial charge in [0.15, 0.2) is 0 Å². The molecular weight excluding hydrogens is 796 g/mol. The average Bonchev–Trinajstić information content (AvgIpc) is 3.34. The highest BCUT2D eigenvalue weighted by atomic mass is 15.2. The Morgan fingerprint density at radius 1 is 0.515 bits per heavy atom. The lowest BCUT2D eigenvalue weighted by molar-refractivity contribution is 0.590. The van der Waals surface area contributed by atoms with Crippen molar-refractivity contribution in [3.8, 4) is 22.3 Å². The van der Waals surface area contributed by atoms with Crippen LogP contribution in [0.5, 0.6) is 0 Å². The standard InChI is InChI=1S/C63H57BN2/c1-7-8-17-44-24-26-47(27-25-44)61(46-20-13-10-14-21-46)51-29-35-58-56(40-51)64-62-55(36-42(2)37-60(62)65(58)57-34-28-50(38-43(57)3)45-18-11-9-12-19-45)54-39-48-22-15-16-23-49(48)41-59(54)66(64)53-32-30-52(31-33-53)63(4,5)6/h9-16,18-41,61H,7-8,17H2,1-6H3. The molecule has 9 aromatic rings. The van der Waals surface area contributed by atoms with Crippen molar-refractivity contribution in [2.75, 3.05) is 9.71 Å². The van der Waals surface area contributed by atoms with Crippen LogP contribution in [0.3, 0.4) is 0 Å². The smallest absolute Gasteiger partial charge is 0.333 e. The molecule has 0 radical (unpaired) electrons. The topological polar surface area (TPSA) is 6.48 Å². The van der Waals surface area contributed by atoms with Crippen molar-refractivity contribution in [2.45, 2.75) is 72.1 Å². The number of aryl methyl sites for hydroxylation is 3. The van der Waals surface area contributed by atoms with E-state index in [0.717, 1.165) is 6.42 Å². The molecule has 0 aromatic heterocycles. The Bertz CT molecular complexity index is 3240. The Balaban J connectivity index is 1.20. The highest BCUT2D eigenvalue weighted by Crippen LogP contribution is 2.49. The molecule has 2 aliphatic rings. The Labute approximate surface area is 392 Å². The van der Waals surface area contributed by atoms with Gasteiger partial charge in [0.1, 0.15) is 0 Å². The third-order valence-corrected chi connectivity index (χ3v) is 14.2. The van der Waals surface area contributed by atoms with E-state index < -0.39 is 0 Å². The number of nitrogens with zero attached hydrogens (tertiary/aromatic N) is 2.